The predicted octanol–water partition coefficient (Wildman–Crippen LogP) is 4.08. The molecule has 0 saturated carbocycles. The Morgan fingerprint density at radius 3 is 2.26 bits per heavy atom. The van der Waals surface area contributed by atoms with Crippen LogP contribution in [0.4, 0.5) is 4.79 Å². The van der Waals surface area contributed by atoms with Crippen molar-refractivity contribution in [1.82, 2.24) is 10.6 Å². The lowest BCUT2D eigenvalue weighted by atomic mass is 9.98. The van der Waals surface area contributed by atoms with Crippen LogP contribution in [0.3, 0.4) is 0 Å². The summed E-state index contributed by atoms with van der Waals surface area (Å²) in [5, 5.41) is 14.0. The average molecular weight is 460 g/mol. The molecule has 34 heavy (non-hydrogen) atoms. The largest absolute Gasteiger partial charge is 0.478 e. The summed E-state index contributed by atoms with van der Waals surface area (Å²) in [6.07, 6.45) is 0.807. The van der Waals surface area contributed by atoms with Gasteiger partial charge >= 0.3 is 12.1 Å². The fourth-order valence-electron chi connectivity index (χ4n) is 3.87. The summed E-state index contributed by atoms with van der Waals surface area (Å²) in [6, 6.07) is 19.3. The van der Waals surface area contributed by atoms with Crippen LogP contribution in [-0.2, 0) is 16.1 Å². The third-order valence-corrected chi connectivity index (χ3v) is 5.64. The maximum Gasteiger partial charge on any atom is 0.407 e. The summed E-state index contributed by atoms with van der Waals surface area (Å²) in [5.41, 5.74) is 4.70. The first-order valence-corrected chi connectivity index (χ1v) is 10.8. The van der Waals surface area contributed by atoms with Gasteiger partial charge in [0.25, 0.3) is 5.91 Å². The van der Waals surface area contributed by atoms with E-state index in [1.54, 1.807) is 6.07 Å². The topological polar surface area (TPSA) is 118 Å². The number of furan rings is 1. The highest BCUT2D eigenvalue weighted by atomic mass is 16.5. The molecular weight excluding hydrogens is 436 g/mol. The molecule has 1 aliphatic carbocycles. The second-order valence-electron chi connectivity index (χ2n) is 7.85. The number of carbonyl (C=O) groups excluding carboxylic acids is 2. The molecule has 4 rings (SSSR count). The predicted molar refractivity (Wildman–Crippen MR) is 124 cm³/mol. The van der Waals surface area contributed by atoms with Crippen molar-refractivity contribution in [3.05, 3.63) is 95.0 Å². The lowest BCUT2D eigenvalue weighted by molar-refractivity contribution is -0.132. The van der Waals surface area contributed by atoms with E-state index in [0.29, 0.717) is 5.76 Å². The van der Waals surface area contributed by atoms with E-state index >= 15 is 0 Å². The van der Waals surface area contributed by atoms with E-state index in [1.807, 2.05) is 24.3 Å². The molecule has 0 atom stereocenters. The van der Waals surface area contributed by atoms with Crippen LogP contribution >= 0.6 is 0 Å². The van der Waals surface area contributed by atoms with Crippen LogP contribution < -0.4 is 10.6 Å². The minimum Gasteiger partial charge on any atom is -0.478 e. The Bertz CT molecular complexity index is 1210. The van der Waals surface area contributed by atoms with Crippen molar-refractivity contribution >= 4 is 18.0 Å². The Labute approximate surface area is 196 Å². The molecule has 0 unspecified atom stereocenters. The van der Waals surface area contributed by atoms with Gasteiger partial charge in [0.15, 0.2) is 5.76 Å². The number of carboxylic acid groups (broad SMARTS) is 1. The Kier molecular flexibility index (Phi) is 6.77. The second-order valence-corrected chi connectivity index (χ2v) is 7.85. The van der Waals surface area contributed by atoms with Gasteiger partial charge < -0.3 is 24.9 Å². The molecule has 0 fully saturated rings. The van der Waals surface area contributed by atoms with Crippen LogP contribution in [0, 0.1) is 0 Å². The van der Waals surface area contributed by atoms with E-state index in [0.717, 1.165) is 22.3 Å². The molecule has 1 aromatic heterocycles. The molecule has 0 bridgehead atoms. The smallest absolute Gasteiger partial charge is 0.407 e. The van der Waals surface area contributed by atoms with Crippen molar-refractivity contribution in [2.24, 2.45) is 0 Å². The molecule has 3 N–H and O–H groups in total. The number of hydrogen-bond acceptors (Lipinski definition) is 5. The van der Waals surface area contributed by atoms with E-state index in [9.17, 15) is 14.4 Å². The minimum atomic E-state index is -1.05. The molecule has 0 radical (unpaired) electrons. The molecule has 2 aromatic carbocycles. The lowest BCUT2D eigenvalue weighted by Crippen LogP contribution is -2.25. The van der Waals surface area contributed by atoms with Gasteiger partial charge in [-0.15, -0.1) is 0 Å². The normalized spacial score (nSPS) is 12.6. The highest BCUT2D eigenvalue weighted by Gasteiger charge is 2.29. The molecule has 0 aliphatic heterocycles. The van der Waals surface area contributed by atoms with Crippen molar-refractivity contribution in [3.8, 4) is 11.1 Å². The van der Waals surface area contributed by atoms with Crippen molar-refractivity contribution in [3.63, 3.8) is 0 Å². The number of alkyl carbamates (subject to hydrolysis) is 1. The number of aliphatic carboxylic acids is 1. The quantitative estimate of drug-likeness (QED) is 0.436. The first-order valence-electron chi connectivity index (χ1n) is 10.8. The van der Waals surface area contributed by atoms with Crippen LogP contribution in [0.15, 0.2) is 76.7 Å². The number of ether oxygens (including phenoxy) is 1. The molecule has 0 saturated heterocycles. The van der Waals surface area contributed by atoms with Crippen LogP contribution in [0.2, 0.25) is 0 Å². The van der Waals surface area contributed by atoms with Crippen LogP contribution in [0.1, 0.15) is 40.3 Å². The van der Waals surface area contributed by atoms with Crippen LogP contribution in [-0.4, -0.2) is 36.2 Å². The van der Waals surface area contributed by atoms with Gasteiger partial charge in [-0.05, 0) is 41.3 Å². The van der Waals surface area contributed by atoms with Crippen LogP contribution in [0.25, 0.3) is 11.1 Å². The number of fused-ring (bicyclic) bond motifs is 3. The molecule has 1 heterocycles. The third kappa shape index (κ3) is 5.01. The van der Waals surface area contributed by atoms with E-state index in [2.05, 4.69) is 34.9 Å². The molecule has 8 nitrogen and oxygen atoms in total. The van der Waals surface area contributed by atoms with Gasteiger partial charge in [0.2, 0.25) is 0 Å². The van der Waals surface area contributed by atoms with Gasteiger partial charge in [0.05, 0.1) is 6.54 Å². The number of hydrogen-bond donors (Lipinski definition) is 3. The number of carboxylic acids is 1. The Morgan fingerprint density at radius 2 is 1.62 bits per heavy atom. The summed E-state index contributed by atoms with van der Waals surface area (Å²) in [5.74, 6) is -1.12. The summed E-state index contributed by atoms with van der Waals surface area (Å²) in [7, 11) is 0. The fraction of sp³-hybridized carbons (Fsp3) is 0.192. The van der Waals surface area contributed by atoms with Gasteiger partial charge in [-0.1, -0.05) is 54.6 Å². The molecule has 8 heteroatoms. The minimum absolute atomic E-state index is 0.0316. The first-order chi connectivity index (χ1) is 16.4. The zero-order chi connectivity index (χ0) is 24.1. The zero-order valence-corrected chi connectivity index (χ0v) is 18.5. The van der Waals surface area contributed by atoms with Gasteiger partial charge in [-0.2, -0.15) is 0 Å². The maximum absolute atomic E-state index is 12.3. The number of amides is 2. The standard InChI is InChI=1S/C26H24N2O6/c1-16(25(30)31)12-13-27-24(29)23-11-10-17(34-23)14-28-26(32)33-15-22-20-8-4-2-6-18(20)19-7-3-5-9-21(19)22/h2-12,22H,13-15H2,1H3,(H,27,29)(H,28,32)(H,30,31)/b16-12+. The Morgan fingerprint density at radius 1 is 0.971 bits per heavy atom. The monoisotopic (exact) mass is 460 g/mol. The molecule has 174 valence electrons. The van der Waals surface area contributed by atoms with E-state index in [-0.39, 0.29) is 36.9 Å². The summed E-state index contributed by atoms with van der Waals surface area (Å²) in [6.45, 7) is 1.76. The average Bonchev–Trinajstić information content (AvgIpc) is 3.44. The SMILES string of the molecule is C/C(=C\CNC(=O)c1ccc(CNC(=O)OCC2c3ccccc3-c3ccccc32)o1)C(=O)O. The van der Waals surface area contributed by atoms with Gasteiger partial charge in [0.1, 0.15) is 12.4 Å². The number of rotatable bonds is 8. The van der Waals surface area contributed by atoms with Crippen molar-refractivity contribution in [2.75, 3.05) is 13.2 Å². The van der Waals surface area contributed by atoms with E-state index < -0.39 is 18.0 Å². The summed E-state index contributed by atoms with van der Waals surface area (Å²) < 4.78 is 10.9. The molecule has 2 amide bonds. The maximum atomic E-state index is 12.3. The van der Waals surface area contributed by atoms with E-state index in [4.69, 9.17) is 14.3 Å². The number of benzene rings is 2. The highest BCUT2D eigenvalue weighted by Crippen LogP contribution is 2.44. The fourth-order valence-corrected chi connectivity index (χ4v) is 3.87. The van der Waals surface area contributed by atoms with Crippen molar-refractivity contribution in [1.29, 1.82) is 0 Å². The highest BCUT2D eigenvalue weighted by molar-refractivity contribution is 5.92. The number of carbonyl (C=O) groups is 3. The molecule has 3 aromatic rings. The van der Waals surface area contributed by atoms with Gasteiger partial charge in [-0.3, -0.25) is 4.79 Å². The molecule has 0 spiro atoms. The molecule has 1 aliphatic rings. The summed E-state index contributed by atoms with van der Waals surface area (Å²) >= 11 is 0. The van der Waals surface area contributed by atoms with Gasteiger partial charge in [-0.25, -0.2) is 9.59 Å². The molecular formula is C26H24N2O6. The third-order valence-electron chi connectivity index (χ3n) is 5.64. The van der Waals surface area contributed by atoms with Crippen LogP contribution in [0.5, 0.6) is 0 Å². The van der Waals surface area contributed by atoms with Crippen molar-refractivity contribution in [2.45, 2.75) is 19.4 Å². The zero-order valence-electron chi connectivity index (χ0n) is 18.5. The Balaban J connectivity index is 1.28. The van der Waals surface area contributed by atoms with Gasteiger partial charge in [0, 0.05) is 18.0 Å². The lowest BCUT2D eigenvalue weighted by Gasteiger charge is -2.14. The van der Waals surface area contributed by atoms with Crippen molar-refractivity contribution < 1.29 is 28.6 Å². The van der Waals surface area contributed by atoms with E-state index in [1.165, 1.54) is 19.1 Å². The second kappa shape index (κ2) is 10.1. The first kappa shape index (κ1) is 22.8. The Hall–Kier alpha value is -4.33. The summed E-state index contributed by atoms with van der Waals surface area (Å²) in [4.78, 5) is 35.2. The number of nitrogens with one attached hydrogen (secondary N) is 2.